The molecule has 35 heavy (non-hydrogen) atoms. The largest absolute Gasteiger partial charge is 0.398 e. The van der Waals surface area contributed by atoms with Gasteiger partial charge in [0.25, 0.3) is 0 Å². The molecule has 1 atom stereocenters. The molecule has 12 heteroatoms. The molecule has 1 aliphatic carbocycles. The van der Waals surface area contributed by atoms with Crippen molar-refractivity contribution < 1.29 is 16.8 Å². The van der Waals surface area contributed by atoms with E-state index < -0.39 is 20.0 Å². The lowest BCUT2D eigenvalue weighted by atomic mass is 9.87. The molecule has 0 saturated heterocycles. The maximum absolute atomic E-state index is 12.7. The van der Waals surface area contributed by atoms with Crippen LogP contribution in [0.15, 0.2) is 63.7 Å². The van der Waals surface area contributed by atoms with Gasteiger partial charge in [0.2, 0.25) is 20.0 Å². The summed E-state index contributed by atoms with van der Waals surface area (Å²) in [5.41, 5.74) is 7.26. The number of sulfonamides is 2. The van der Waals surface area contributed by atoms with Gasteiger partial charge in [0.05, 0.1) is 17.5 Å². The topological polar surface area (TPSA) is 144 Å². The number of thiophene rings is 1. The summed E-state index contributed by atoms with van der Waals surface area (Å²) in [5, 5.41) is 10.3. The third-order valence-corrected chi connectivity index (χ3v) is 10.1. The lowest BCUT2D eigenvalue weighted by Gasteiger charge is -2.35. The number of hydrogen-bond donors (Lipinski definition) is 4. The van der Waals surface area contributed by atoms with Gasteiger partial charge in [-0.1, -0.05) is 31.4 Å². The fourth-order valence-corrected chi connectivity index (χ4v) is 7.85. The van der Waals surface area contributed by atoms with Crippen LogP contribution in [0.4, 0.5) is 11.4 Å². The zero-order valence-electron chi connectivity index (χ0n) is 18.8. The Hall–Kier alpha value is -1.71. The zero-order chi connectivity index (χ0) is 25.2. The summed E-state index contributed by atoms with van der Waals surface area (Å²) in [6.45, 7) is 0. The molecule has 0 radical (unpaired) electrons. The predicted octanol–water partition coefficient (Wildman–Crippen LogP) is 4.55. The van der Waals surface area contributed by atoms with Crippen LogP contribution in [0.3, 0.4) is 0 Å². The molecule has 2 aromatic carbocycles. The van der Waals surface area contributed by atoms with Gasteiger partial charge in [-0.05, 0) is 88.7 Å². The highest BCUT2D eigenvalue weighted by Gasteiger charge is 2.34. The number of anilines is 2. The van der Waals surface area contributed by atoms with Crippen LogP contribution in [0.5, 0.6) is 0 Å². The molecular weight excluding hydrogens is 619 g/mol. The highest BCUT2D eigenvalue weighted by molar-refractivity contribution is 14.1. The Kier molecular flexibility index (Phi) is 8.08. The van der Waals surface area contributed by atoms with Crippen LogP contribution in [0.1, 0.15) is 32.1 Å². The van der Waals surface area contributed by atoms with E-state index in [1.54, 1.807) is 23.5 Å². The highest BCUT2D eigenvalue weighted by Crippen LogP contribution is 2.36. The van der Waals surface area contributed by atoms with Crippen molar-refractivity contribution in [3.63, 3.8) is 0 Å². The van der Waals surface area contributed by atoms with E-state index in [1.165, 1.54) is 31.4 Å². The Balaban J connectivity index is 0.000000204. The molecule has 1 saturated carbocycles. The van der Waals surface area contributed by atoms with Gasteiger partial charge >= 0.3 is 0 Å². The van der Waals surface area contributed by atoms with E-state index in [1.807, 2.05) is 52.2 Å². The molecule has 2 heterocycles. The number of nitrogens with two attached hydrogens (primary N) is 2. The van der Waals surface area contributed by atoms with Crippen LogP contribution in [0.25, 0.3) is 10.4 Å². The van der Waals surface area contributed by atoms with Gasteiger partial charge in [-0.2, -0.15) is 4.72 Å². The molecule has 1 unspecified atom stereocenters. The lowest BCUT2D eigenvalue weighted by molar-refractivity contribution is 0.306. The molecule has 188 valence electrons. The van der Waals surface area contributed by atoms with Crippen LogP contribution in [0.2, 0.25) is 0 Å². The van der Waals surface area contributed by atoms with Crippen molar-refractivity contribution in [2.45, 2.75) is 48.1 Å². The van der Waals surface area contributed by atoms with Crippen LogP contribution in [-0.4, -0.2) is 23.0 Å². The Morgan fingerprint density at radius 1 is 1.03 bits per heavy atom. The number of primary sulfonamides is 1. The number of nitrogens with one attached hydrogen (secondary N) is 2. The summed E-state index contributed by atoms with van der Waals surface area (Å²) in [4.78, 5) is 1.42. The fraction of sp³-hybridized carbons (Fsp3) is 0.304. The van der Waals surface area contributed by atoms with E-state index >= 15 is 0 Å². The molecule has 3 aromatic rings. The van der Waals surface area contributed by atoms with Gasteiger partial charge in [-0.25, -0.2) is 22.0 Å². The number of rotatable bonds is 3. The van der Waals surface area contributed by atoms with Crippen LogP contribution < -0.4 is 20.9 Å². The van der Waals surface area contributed by atoms with E-state index in [9.17, 15) is 16.8 Å². The molecule has 0 amide bonds. The van der Waals surface area contributed by atoms with Gasteiger partial charge in [0, 0.05) is 8.45 Å². The van der Waals surface area contributed by atoms with Crippen molar-refractivity contribution in [1.29, 1.82) is 0 Å². The fourth-order valence-electron chi connectivity index (χ4n) is 4.32. The van der Waals surface area contributed by atoms with Crippen molar-refractivity contribution in [3.8, 4) is 10.4 Å². The summed E-state index contributed by atoms with van der Waals surface area (Å²) < 4.78 is 50.8. The van der Waals surface area contributed by atoms with Gasteiger partial charge < -0.3 is 11.1 Å². The second kappa shape index (κ2) is 10.7. The SMILES string of the molecule is Nc1ccc(I)cc1S(N)(=O)=O.O=S1(=O)NC(C2CCCCC2)Nc2ccc(-c3cccs3)cc21. The first kappa shape index (κ1) is 26.4. The monoisotopic (exact) mass is 646 g/mol. The first-order valence-corrected chi connectivity index (χ1v) is 16.1. The van der Waals surface area contributed by atoms with E-state index in [-0.39, 0.29) is 16.7 Å². The average molecular weight is 647 g/mol. The van der Waals surface area contributed by atoms with Crippen molar-refractivity contribution in [2.75, 3.05) is 11.1 Å². The van der Waals surface area contributed by atoms with E-state index in [2.05, 4.69) is 10.0 Å². The minimum absolute atomic E-state index is 0.0191. The normalized spacial score (nSPS) is 19.7. The summed E-state index contributed by atoms with van der Waals surface area (Å²) in [6, 6.07) is 14.3. The molecule has 5 rings (SSSR count). The number of benzene rings is 2. The second-order valence-electron chi connectivity index (χ2n) is 8.56. The minimum Gasteiger partial charge on any atom is -0.398 e. The number of nitrogen functional groups attached to an aromatic ring is 1. The van der Waals surface area contributed by atoms with Crippen molar-refractivity contribution in [1.82, 2.24) is 4.72 Å². The third kappa shape index (κ3) is 6.35. The van der Waals surface area contributed by atoms with Gasteiger partial charge in [-0.3, -0.25) is 0 Å². The number of halogens is 1. The van der Waals surface area contributed by atoms with Crippen molar-refractivity contribution >= 4 is 65.3 Å². The summed E-state index contributed by atoms with van der Waals surface area (Å²) in [6.07, 6.45) is 5.63. The minimum atomic E-state index is -3.69. The summed E-state index contributed by atoms with van der Waals surface area (Å²) in [7, 11) is -7.15. The first-order valence-electron chi connectivity index (χ1n) is 11.1. The summed E-state index contributed by atoms with van der Waals surface area (Å²) in [5.74, 6) is 0.378. The third-order valence-electron chi connectivity index (χ3n) is 6.07. The molecule has 0 spiro atoms. The zero-order valence-corrected chi connectivity index (χ0v) is 23.4. The molecule has 2 aliphatic rings. The Labute approximate surface area is 223 Å². The lowest BCUT2D eigenvalue weighted by Crippen LogP contribution is -2.49. The smallest absolute Gasteiger partial charge is 0.244 e. The van der Waals surface area contributed by atoms with Crippen LogP contribution >= 0.6 is 33.9 Å². The molecular formula is C23H27IN4O4S3. The quantitative estimate of drug-likeness (QED) is 0.243. The van der Waals surface area contributed by atoms with E-state index in [0.29, 0.717) is 10.8 Å². The Morgan fingerprint density at radius 2 is 1.77 bits per heavy atom. The maximum Gasteiger partial charge on any atom is 0.244 e. The van der Waals surface area contributed by atoms with Gasteiger partial charge in [0.15, 0.2) is 0 Å². The van der Waals surface area contributed by atoms with Gasteiger partial charge in [-0.15, -0.1) is 11.3 Å². The number of hydrogen-bond acceptors (Lipinski definition) is 7. The second-order valence-corrected chi connectivity index (χ2v) is 14.0. The van der Waals surface area contributed by atoms with E-state index in [0.717, 1.165) is 32.5 Å². The number of fused-ring (bicyclic) bond motifs is 1. The predicted molar refractivity (Wildman–Crippen MR) is 149 cm³/mol. The maximum atomic E-state index is 12.7. The average Bonchev–Trinajstić information content (AvgIpc) is 3.35. The molecule has 6 N–H and O–H groups in total. The molecule has 1 fully saturated rings. The molecule has 0 bridgehead atoms. The Morgan fingerprint density at radius 3 is 2.40 bits per heavy atom. The van der Waals surface area contributed by atoms with Crippen LogP contribution in [0, 0.1) is 9.49 Å². The summed E-state index contributed by atoms with van der Waals surface area (Å²) >= 11 is 3.60. The molecule has 1 aromatic heterocycles. The highest BCUT2D eigenvalue weighted by atomic mass is 127. The molecule has 8 nitrogen and oxygen atoms in total. The van der Waals surface area contributed by atoms with Crippen molar-refractivity contribution in [3.05, 3.63) is 57.5 Å². The Bertz CT molecular complexity index is 1400. The van der Waals surface area contributed by atoms with E-state index in [4.69, 9.17) is 10.9 Å². The first-order chi connectivity index (χ1) is 16.5. The van der Waals surface area contributed by atoms with Gasteiger partial charge in [0.1, 0.15) is 9.79 Å². The standard InChI is InChI=1S/C17H20N2O2S2.C6H7IN2O2S/c20-23(21)16-11-13(15-7-4-10-22-15)8-9-14(16)18-17(19-23)12-5-2-1-3-6-12;7-4-1-2-5(8)6(3-4)12(9,10)11/h4,7-12,17-19H,1-3,5-6H2;1-3H,8H2,(H2,9,10,11). The molecule has 1 aliphatic heterocycles. The van der Waals surface area contributed by atoms with Crippen LogP contribution in [-0.2, 0) is 20.0 Å². The van der Waals surface area contributed by atoms with Crippen molar-refractivity contribution in [2.24, 2.45) is 11.1 Å².